The lowest BCUT2D eigenvalue weighted by Gasteiger charge is -2.03. The van der Waals surface area contributed by atoms with Crippen molar-refractivity contribution < 1.29 is 4.74 Å². The molecule has 5 nitrogen and oxygen atoms in total. The van der Waals surface area contributed by atoms with Crippen LogP contribution in [0.5, 0.6) is 5.75 Å². The SMILES string of the molecule is COc1ccc(C=c2[nH]c(=O)c(=Cc3c(Cl)cccc3Cl)n(C)c2=O)cc1. The number of ether oxygens (including phenoxy) is 1. The normalized spacial score (nSPS) is 12.4. The smallest absolute Gasteiger partial charge is 0.274 e. The number of benzene rings is 2. The molecule has 0 fully saturated rings. The van der Waals surface area contributed by atoms with Gasteiger partial charge in [-0.15, -0.1) is 0 Å². The highest BCUT2D eigenvalue weighted by atomic mass is 35.5. The van der Waals surface area contributed by atoms with Gasteiger partial charge < -0.3 is 14.3 Å². The summed E-state index contributed by atoms with van der Waals surface area (Å²) >= 11 is 12.3. The van der Waals surface area contributed by atoms with Crippen LogP contribution in [-0.2, 0) is 7.05 Å². The minimum absolute atomic E-state index is 0.155. The Balaban J connectivity index is 2.20. The number of hydrogen-bond donors (Lipinski definition) is 1. The molecule has 0 saturated carbocycles. The fourth-order valence-electron chi connectivity index (χ4n) is 2.59. The van der Waals surface area contributed by atoms with E-state index in [0.717, 1.165) is 5.56 Å². The van der Waals surface area contributed by atoms with Crippen LogP contribution in [-0.4, -0.2) is 16.7 Å². The third-order valence-electron chi connectivity index (χ3n) is 4.08. The molecule has 0 aliphatic rings. The number of nitrogens with one attached hydrogen (secondary N) is 1. The maximum atomic E-state index is 12.7. The number of halogens is 2. The van der Waals surface area contributed by atoms with E-state index in [1.54, 1.807) is 55.7 Å². The zero-order valence-electron chi connectivity index (χ0n) is 14.6. The second kappa shape index (κ2) is 7.86. The van der Waals surface area contributed by atoms with Crippen molar-refractivity contribution in [2.24, 2.45) is 7.05 Å². The molecular formula is C20H16Cl2N2O3. The van der Waals surface area contributed by atoms with E-state index in [1.807, 2.05) is 0 Å². The van der Waals surface area contributed by atoms with Crippen molar-refractivity contribution in [2.75, 3.05) is 7.11 Å². The third-order valence-corrected chi connectivity index (χ3v) is 4.74. The van der Waals surface area contributed by atoms with E-state index in [0.29, 0.717) is 21.4 Å². The minimum Gasteiger partial charge on any atom is -0.497 e. The number of hydrogen-bond acceptors (Lipinski definition) is 3. The largest absolute Gasteiger partial charge is 0.497 e. The molecule has 1 N–H and O–H groups in total. The van der Waals surface area contributed by atoms with Gasteiger partial charge in [0.15, 0.2) is 0 Å². The summed E-state index contributed by atoms with van der Waals surface area (Å²) in [4.78, 5) is 27.9. The maximum Gasteiger partial charge on any atom is 0.274 e. The van der Waals surface area contributed by atoms with Crippen molar-refractivity contribution in [1.29, 1.82) is 0 Å². The second-order valence-electron chi connectivity index (χ2n) is 5.81. The molecular weight excluding hydrogens is 387 g/mol. The van der Waals surface area contributed by atoms with Crippen LogP contribution in [0, 0.1) is 0 Å². The van der Waals surface area contributed by atoms with E-state index in [-0.39, 0.29) is 16.3 Å². The van der Waals surface area contributed by atoms with Crippen molar-refractivity contribution in [3.05, 3.63) is 95.0 Å². The summed E-state index contributed by atoms with van der Waals surface area (Å²) in [6.45, 7) is 0. The third kappa shape index (κ3) is 3.99. The first kappa shape index (κ1) is 19.0. The van der Waals surface area contributed by atoms with Crippen molar-refractivity contribution >= 4 is 35.4 Å². The molecule has 0 saturated heterocycles. The van der Waals surface area contributed by atoms with E-state index in [2.05, 4.69) is 4.98 Å². The fourth-order valence-corrected chi connectivity index (χ4v) is 3.10. The van der Waals surface area contributed by atoms with Crippen molar-refractivity contribution in [2.45, 2.75) is 0 Å². The van der Waals surface area contributed by atoms with Crippen LogP contribution in [0.2, 0.25) is 10.0 Å². The number of H-pyrrole nitrogens is 1. The van der Waals surface area contributed by atoms with Gasteiger partial charge in [0.05, 0.1) is 7.11 Å². The maximum absolute atomic E-state index is 12.7. The molecule has 7 heteroatoms. The summed E-state index contributed by atoms with van der Waals surface area (Å²) in [7, 11) is 3.10. The Bertz CT molecular complexity index is 1210. The standard InChI is InChI=1S/C20H16Cl2N2O3/c1-24-18(11-14-15(21)4-3-5-16(14)22)19(25)23-17(20(24)26)10-12-6-8-13(27-2)9-7-12/h3-11H,1-2H3,(H,23,25). The molecule has 3 rings (SSSR count). The van der Waals surface area contributed by atoms with Crippen LogP contribution >= 0.6 is 23.2 Å². The Morgan fingerprint density at radius 1 is 1.00 bits per heavy atom. The van der Waals surface area contributed by atoms with Gasteiger partial charge in [-0.2, -0.15) is 0 Å². The molecule has 0 atom stereocenters. The zero-order chi connectivity index (χ0) is 19.6. The van der Waals surface area contributed by atoms with Gasteiger partial charge in [0.2, 0.25) is 0 Å². The minimum atomic E-state index is -0.423. The lowest BCUT2D eigenvalue weighted by Crippen LogP contribution is -2.52. The molecule has 0 unspecified atom stereocenters. The van der Waals surface area contributed by atoms with Gasteiger partial charge in [-0.1, -0.05) is 41.4 Å². The van der Waals surface area contributed by atoms with Crippen molar-refractivity contribution in [3.63, 3.8) is 0 Å². The monoisotopic (exact) mass is 402 g/mol. The molecule has 0 aliphatic carbocycles. The van der Waals surface area contributed by atoms with Gasteiger partial charge in [0.1, 0.15) is 16.4 Å². The van der Waals surface area contributed by atoms with Gasteiger partial charge in [0.25, 0.3) is 11.1 Å². The average Bonchev–Trinajstić information content (AvgIpc) is 2.65. The molecule has 0 aliphatic heterocycles. The first-order valence-corrected chi connectivity index (χ1v) is 8.77. The first-order valence-electron chi connectivity index (χ1n) is 8.01. The second-order valence-corrected chi connectivity index (χ2v) is 6.63. The summed E-state index contributed by atoms with van der Waals surface area (Å²) in [5, 5.41) is 1.11. The Labute approximate surface area is 164 Å². The topological polar surface area (TPSA) is 64.1 Å². The zero-order valence-corrected chi connectivity index (χ0v) is 16.1. The van der Waals surface area contributed by atoms with E-state index in [9.17, 15) is 9.59 Å². The van der Waals surface area contributed by atoms with Crippen molar-refractivity contribution in [1.82, 2.24) is 9.55 Å². The Hall–Kier alpha value is -2.76. The van der Waals surface area contributed by atoms with E-state index in [1.165, 1.54) is 17.7 Å². The lowest BCUT2D eigenvalue weighted by atomic mass is 10.2. The van der Waals surface area contributed by atoms with Crippen LogP contribution in [0.15, 0.2) is 52.1 Å². The van der Waals surface area contributed by atoms with Gasteiger partial charge in [0, 0.05) is 22.7 Å². The van der Waals surface area contributed by atoms with Crippen molar-refractivity contribution in [3.8, 4) is 5.75 Å². The summed E-state index contributed by atoms with van der Waals surface area (Å²) in [6, 6.07) is 12.2. The molecule has 0 spiro atoms. The molecule has 0 amide bonds. The number of aromatic nitrogens is 2. The average molecular weight is 403 g/mol. The molecule has 0 bridgehead atoms. The predicted octanol–water partition coefficient (Wildman–Crippen LogP) is 2.05. The Kier molecular flexibility index (Phi) is 5.54. The van der Waals surface area contributed by atoms with Crippen LogP contribution in [0.3, 0.4) is 0 Å². The highest BCUT2D eigenvalue weighted by Gasteiger charge is 2.06. The predicted molar refractivity (Wildman–Crippen MR) is 108 cm³/mol. The number of aromatic amines is 1. The molecule has 1 heterocycles. The quantitative estimate of drug-likeness (QED) is 0.728. The molecule has 1 aromatic heterocycles. The van der Waals surface area contributed by atoms with E-state index < -0.39 is 5.56 Å². The van der Waals surface area contributed by atoms with Crippen LogP contribution in [0.1, 0.15) is 11.1 Å². The lowest BCUT2D eigenvalue weighted by molar-refractivity contribution is 0.415. The van der Waals surface area contributed by atoms with Crippen LogP contribution < -0.4 is 26.6 Å². The summed E-state index contributed by atoms with van der Waals surface area (Å²) < 4.78 is 6.38. The molecule has 27 heavy (non-hydrogen) atoms. The number of nitrogens with zero attached hydrogens (tertiary/aromatic N) is 1. The fraction of sp³-hybridized carbons (Fsp3) is 0.100. The van der Waals surface area contributed by atoms with Gasteiger partial charge in [-0.05, 0) is 42.0 Å². The Morgan fingerprint density at radius 2 is 1.63 bits per heavy atom. The molecule has 2 aromatic carbocycles. The summed E-state index contributed by atoms with van der Waals surface area (Å²) in [6.07, 6.45) is 3.11. The number of methoxy groups -OCH3 is 1. The van der Waals surface area contributed by atoms with E-state index in [4.69, 9.17) is 27.9 Å². The highest BCUT2D eigenvalue weighted by molar-refractivity contribution is 6.37. The number of rotatable bonds is 3. The molecule has 0 radical (unpaired) electrons. The first-order chi connectivity index (χ1) is 12.9. The van der Waals surface area contributed by atoms with Gasteiger partial charge in [-0.25, -0.2) is 0 Å². The van der Waals surface area contributed by atoms with Crippen LogP contribution in [0.25, 0.3) is 12.2 Å². The summed E-state index contributed by atoms with van der Waals surface area (Å²) in [5.41, 5.74) is 0.468. The highest BCUT2D eigenvalue weighted by Crippen LogP contribution is 2.24. The van der Waals surface area contributed by atoms with Crippen LogP contribution in [0.4, 0.5) is 0 Å². The molecule has 3 aromatic rings. The van der Waals surface area contributed by atoms with E-state index >= 15 is 0 Å². The molecule has 138 valence electrons. The Morgan fingerprint density at radius 3 is 2.22 bits per heavy atom. The van der Waals surface area contributed by atoms with Gasteiger partial charge in [-0.3, -0.25) is 9.59 Å². The van der Waals surface area contributed by atoms with Gasteiger partial charge >= 0.3 is 0 Å². The summed E-state index contributed by atoms with van der Waals surface area (Å²) in [5.74, 6) is 0.704.